The number of sulfone groups is 1. The first kappa shape index (κ1) is 13.5. The minimum Gasteiger partial charge on any atom is -0.480 e. The summed E-state index contributed by atoms with van der Waals surface area (Å²) in [6.45, 7) is -0.458. The summed E-state index contributed by atoms with van der Waals surface area (Å²) < 4.78 is 22.9. The van der Waals surface area contributed by atoms with E-state index >= 15 is 0 Å². The second-order valence-electron chi connectivity index (χ2n) is 4.32. The van der Waals surface area contributed by atoms with Crippen LogP contribution >= 0.6 is 0 Å². The van der Waals surface area contributed by atoms with Gasteiger partial charge in [-0.05, 0) is 6.42 Å². The average molecular weight is 287 g/mol. The van der Waals surface area contributed by atoms with E-state index in [0.29, 0.717) is 6.42 Å². The first-order valence-corrected chi connectivity index (χ1v) is 7.44. The molecule has 0 radical (unpaired) electrons. The number of carboxylic acid groups (broad SMARTS) is 1. The molecular formula is C10H13N3O5S. The van der Waals surface area contributed by atoms with Crippen LogP contribution in [0.15, 0.2) is 17.2 Å². The molecule has 0 aromatic carbocycles. The van der Waals surface area contributed by atoms with Crippen LogP contribution in [0, 0.1) is 0 Å². The van der Waals surface area contributed by atoms with Crippen molar-refractivity contribution in [3.8, 4) is 0 Å². The van der Waals surface area contributed by atoms with Crippen LogP contribution in [0.4, 0.5) is 5.82 Å². The van der Waals surface area contributed by atoms with Crippen LogP contribution in [-0.2, 0) is 14.6 Å². The van der Waals surface area contributed by atoms with E-state index in [4.69, 9.17) is 5.11 Å². The van der Waals surface area contributed by atoms with E-state index in [1.54, 1.807) is 0 Å². The molecule has 0 bridgehead atoms. The first-order chi connectivity index (χ1) is 8.89. The number of nitrogens with one attached hydrogen (secondary N) is 1. The van der Waals surface area contributed by atoms with Crippen molar-refractivity contribution in [2.75, 3.05) is 23.0 Å². The second-order valence-corrected chi connectivity index (χ2v) is 6.55. The number of carbonyl (C=O) groups is 1. The standard InChI is InChI=1S/C10H13N3O5S/c14-8(15)5-13(7-1-4-19(17,18)6-7)9-10(16)12-3-2-11-9/h2-3,7H,1,4-6H2,(H,12,16)(H,14,15). The Morgan fingerprint density at radius 2 is 2.32 bits per heavy atom. The molecule has 1 saturated heterocycles. The summed E-state index contributed by atoms with van der Waals surface area (Å²) in [4.78, 5) is 30.0. The summed E-state index contributed by atoms with van der Waals surface area (Å²) in [6.07, 6.45) is 2.96. The van der Waals surface area contributed by atoms with Gasteiger partial charge < -0.3 is 15.0 Å². The van der Waals surface area contributed by atoms with Gasteiger partial charge in [-0.25, -0.2) is 13.4 Å². The number of hydrogen-bond donors (Lipinski definition) is 2. The lowest BCUT2D eigenvalue weighted by Crippen LogP contribution is -2.43. The molecule has 1 aromatic rings. The Hall–Kier alpha value is -1.90. The number of rotatable bonds is 4. The number of nitrogens with zero attached hydrogens (tertiary/aromatic N) is 2. The molecule has 0 aliphatic carbocycles. The maximum absolute atomic E-state index is 11.7. The maximum atomic E-state index is 11.7. The van der Waals surface area contributed by atoms with Gasteiger partial charge in [-0.15, -0.1) is 0 Å². The smallest absolute Gasteiger partial charge is 0.323 e. The van der Waals surface area contributed by atoms with Crippen LogP contribution in [0.5, 0.6) is 0 Å². The van der Waals surface area contributed by atoms with Gasteiger partial charge in [-0.3, -0.25) is 9.59 Å². The quantitative estimate of drug-likeness (QED) is 0.717. The van der Waals surface area contributed by atoms with Crippen LogP contribution in [0.3, 0.4) is 0 Å². The van der Waals surface area contributed by atoms with E-state index < -0.39 is 34.0 Å². The minimum absolute atomic E-state index is 0.00146. The van der Waals surface area contributed by atoms with E-state index in [2.05, 4.69) is 9.97 Å². The lowest BCUT2D eigenvalue weighted by atomic mass is 10.2. The molecule has 19 heavy (non-hydrogen) atoms. The predicted molar refractivity (Wildman–Crippen MR) is 66.9 cm³/mol. The molecule has 2 heterocycles. The molecule has 8 nitrogen and oxygen atoms in total. The number of aliphatic carboxylic acids is 1. The molecule has 1 aliphatic heterocycles. The summed E-state index contributed by atoms with van der Waals surface area (Å²) in [5.41, 5.74) is -0.534. The summed E-state index contributed by atoms with van der Waals surface area (Å²) in [5, 5.41) is 8.90. The molecule has 1 fully saturated rings. The zero-order valence-electron chi connectivity index (χ0n) is 9.94. The number of H-pyrrole nitrogens is 1. The van der Waals surface area contributed by atoms with Gasteiger partial charge in [0.15, 0.2) is 15.7 Å². The van der Waals surface area contributed by atoms with E-state index in [1.165, 1.54) is 17.3 Å². The highest BCUT2D eigenvalue weighted by atomic mass is 32.2. The van der Waals surface area contributed by atoms with Crippen molar-refractivity contribution in [1.82, 2.24) is 9.97 Å². The highest BCUT2D eigenvalue weighted by Gasteiger charge is 2.34. The number of anilines is 1. The molecule has 0 spiro atoms. The van der Waals surface area contributed by atoms with E-state index in [0.717, 1.165) is 0 Å². The molecule has 1 unspecified atom stereocenters. The van der Waals surface area contributed by atoms with Crippen LogP contribution < -0.4 is 10.5 Å². The Morgan fingerprint density at radius 1 is 1.58 bits per heavy atom. The van der Waals surface area contributed by atoms with Crippen LogP contribution in [0.1, 0.15) is 6.42 Å². The highest BCUT2D eigenvalue weighted by molar-refractivity contribution is 7.91. The third-order valence-corrected chi connectivity index (χ3v) is 4.67. The van der Waals surface area contributed by atoms with Gasteiger partial charge in [-0.2, -0.15) is 0 Å². The first-order valence-electron chi connectivity index (χ1n) is 5.61. The summed E-state index contributed by atoms with van der Waals surface area (Å²) in [7, 11) is -3.17. The Morgan fingerprint density at radius 3 is 2.84 bits per heavy atom. The van der Waals surface area contributed by atoms with Crippen molar-refractivity contribution < 1.29 is 18.3 Å². The molecule has 104 valence electrons. The summed E-state index contributed by atoms with van der Waals surface area (Å²) >= 11 is 0. The van der Waals surface area contributed by atoms with Crippen LogP contribution in [0.2, 0.25) is 0 Å². The zero-order chi connectivity index (χ0) is 14.0. The predicted octanol–water partition coefficient (Wildman–Crippen LogP) is -1.15. The molecule has 0 amide bonds. The molecule has 0 saturated carbocycles. The summed E-state index contributed by atoms with van der Waals surface area (Å²) in [6, 6.07) is -0.530. The lowest BCUT2D eigenvalue weighted by molar-refractivity contribution is -0.135. The number of aromatic nitrogens is 2. The number of hydrogen-bond acceptors (Lipinski definition) is 6. The monoisotopic (exact) mass is 287 g/mol. The fourth-order valence-corrected chi connectivity index (χ4v) is 3.82. The van der Waals surface area contributed by atoms with E-state index in [9.17, 15) is 18.0 Å². The molecule has 1 aliphatic rings. The number of carboxylic acids is 1. The largest absolute Gasteiger partial charge is 0.480 e. The Kier molecular flexibility index (Phi) is 3.56. The van der Waals surface area contributed by atoms with Gasteiger partial charge in [0.25, 0.3) is 5.56 Å². The lowest BCUT2D eigenvalue weighted by Gasteiger charge is -2.26. The highest BCUT2D eigenvalue weighted by Crippen LogP contribution is 2.20. The molecule has 2 rings (SSSR count). The third-order valence-electron chi connectivity index (χ3n) is 2.92. The topological polar surface area (TPSA) is 120 Å². The molecule has 2 N–H and O–H groups in total. The van der Waals surface area contributed by atoms with Gasteiger partial charge in [0.1, 0.15) is 6.54 Å². The molecular weight excluding hydrogens is 274 g/mol. The van der Waals surface area contributed by atoms with Crippen molar-refractivity contribution in [3.05, 3.63) is 22.7 Å². The fourth-order valence-electron chi connectivity index (χ4n) is 2.09. The Labute approximate surface area is 109 Å². The average Bonchev–Trinajstić information content (AvgIpc) is 2.67. The second kappa shape index (κ2) is 5.00. The third kappa shape index (κ3) is 3.11. The van der Waals surface area contributed by atoms with Crippen molar-refractivity contribution in [1.29, 1.82) is 0 Å². The maximum Gasteiger partial charge on any atom is 0.323 e. The normalized spacial score (nSPS) is 21.2. The minimum atomic E-state index is -3.17. The number of aromatic amines is 1. The van der Waals surface area contributed by atoms with Gasteiger partial charge >= 0.3 is 5.97 Å². The van der Waals surface area contributed by atoms with Gasteiger partial charge in [0.05, 0.1) is 11.5 Å². The molecule has 1 aromatic heterocycles. The van der Waals surface area contributed by atoms with Crippen LogP contribution in [0.25, 0.3) is 0 Å². The summed E-state index contributed by atoms with van der Waals surface area (Å²) in [5.74, 6) is -1.37. The Balaban J connectivity index is 2.35. The van der Waals surface area contributed by atoms with Crippen molar-refractivity contribution in [3.63, 3.8) is 0 Å². The van der Waals surface area contributed by atoms with Crippen molar-refractivity contribution in [2.45, 2.75) is 12.5 Å². The van der Waals surface area contributed by atoms with Gasteiger partial charge in [-0.1, -0.05) is 0 Å². The molecule has 9 heteroatoms. The van der Waals surface area contributed by atoms with E-state index in [-0.39, 0.29) is 17.3 Å². The molecule has 1 atom stereocenters. The van der Waals surface area contributed by atoms with Gasteiger partial charge in [0, 0.05) is 18.4 Å². The van der Waals surface area contributed by atoms with Crippen LogP contribution in [-0.4, -0.2) is 53.6 Å². The van der Waals surface area contributed by atoms with Crippen molar-refractivity contribution in [2.24, 2.45) is 0 Å². The van der Waals surface area contributed by atoms with E-state index in [1.807, 2.05) is 0 Å². The SMILES string of the molecule is O=C(O)CN(c1ncc[nH]c1=O)C1CCS(=O)(=O)C1. The fraction of sp³-hybridized carbons (Fsp3) is 0.500. The zero-order valence-corrected chi connectivity index (χ0v) is 10.8. The van der Waals surface area contributed by atoms with Crippen molar-refractivity contribution >= 4 is 21.6 Å². The van der Waals surface area contributed by atoms with Gasteiger partial charge in [0.2, 0.25) is 0 Å². The Bertz CT molecular complexity index is 639.